The molecular formula is C41H52N6O11P+. The number of anilines is 1. The van der Waals surface area contributed by atoms with Crippen LogP contribution in [0.15, 0.2) is 60.7 Å². The van der Waals surface area contributed by atoms with E-state index in [2.05, 4.69) is 10.3 Å². The maximum atomic E-state index is 14.2. The first kappa shape index (κ1) is 44.6. The highest BCUT2D eigenvalue weighted by atomic mass is 31.1. The maximum absolute atomic E-state index is 14.2. The number of methoxy groups -OCH3 is 1. The first-order valence-electron chi connectivity index (χ1n) is 19.9. The molecule has 3 amide bonds. The normalized spacial score (nSPS) is 16.1. The van der Waals surface area contributed by atoms with Gasteiger partial charge in [-0.15, -0.1) is 0 Å². The quantitative estimate of drug-likeness (QED) is 0.108. The summed E-state index contributed by atoms with van der Waals surface area (Å²) in [4.78, 5) is 79.7. The van der Waals surface area contributed by atoms with E-state index < -0.39 is 44.5 Å². The lowest BCUT2D eigenvalue weighted by Crippen LogP contribution is -2.56. The predicted octanol–water partition coefficient (Wildman–Crippen LogP) is 4.37. The number of piperazine rings is 1. The third kappa shape index (κ3) is 12.7. The largest absolute Gasteiger partial charge is 0.556 e. The third-order valence-electron chi connectivity index (χ3n) is 9.63. The average Bonchev–Trinajstić information content (AvgIpc) is 3.73. The second-order valence-corrected chi connectivity index (χ2v) is 15.2. The first-order chi connectivity index (χ1) is 28.5. The lowest BCUT2D eigenvalue weighted by Gasteiger charge is -2.36. The Bertz CT molecular complexity index is 1910. The van der Waals surface area contributed by atoms with Crippen molar-refractivity contribution in [1.29, 1.82) is 0 Å². The fourth-order valence-electron chi connectivity index (χ4n) is 6.47. The van der Waals surface area contributed by atoms with Crippen LogP contribution in [0.2, 0.25) is 0 Å². The summed E-state index contributed by atoms with van der Waals surface area (Å²) in [5.74, 6) is -1.41. The molecule has 1 N–H and O–H groups in total. The fourth-order valence-corrected chi connectivity index (χ4v) is 7.23. The van der Waals surface area contributed by atoms with Crippen LogP contribution in [0, 0.1) is 0 Å². The summed E-state index contributed by atoms with van der Waals surface area (Å²) in [5, 5.41) is 3.12. The highest BCUT2D eigenvalue weighted by Gasteiger charge is 2.35. The Morgan fingerprint density at radius 2 is 1.49 bits per heavy atom. The van der Waals surface area contributed by atoms with Crippen LogP contribution >= 0.6 is 8.03 Å². The van der Waals surface area contributed by atoms with Crippen molar-refractivity contribution in [2.24, 2.45) is 0 Å². The van der Waals surface area contributed by atoms with Gasteiger partial charge in [0, 0.05) is 77.3 Å². The molecule has 316 valence electrons. The zero-order chi connectivity index (χ0) is 42.3. The molecule has 0 radical (unpaired) electrons. The topological polar surface area (TPSA) is 196 Å². The Kier molecular flexibility index (Phi) is 16.6. The molecule has 18 heteroatoms. The van der Waals surface area contributed by atoms with E-state index in [1.165, 1.54) is 17.0 Å². The summed E-state index contributed by atoms with van der Waals surface area (Å²) in [7, 11) is -0.998. The Labute approximate surface area is 344 Å². The molecule has 0 aliphatic carbocycles. The Balaban J connectivity index is 1.38. The number of carbonyl (C=O) groups is 5. The molecule has 2 fully saturated rings. The highest BCUT2D eigenvalue weighted by Crippen LogP contribution is 2.27. The van der Waals surface area contributed by atoms with Crippen LogP contribution in [0.3, 0.4) is 0 Å². The third-order valence-corrected chi connectivity index (χ3v) is 10.7. The average molecular weight is 836 g/mol. The molecule has 0 spiro atoms. The summed E-state index contributed by atoms with van der Waals surface area (Å²) in [6, 6.07) is 16.1. The van der Waals surface area contributed by atoms with E-state index in [9.17, 15) is 28.5 Å². The number of amides is 3. The van der Waals surface area contributed by atoms with E-state index in [0.29, 0.717) is 48.7 Å². The summed E-state index contributed by atoms with van der Waals surface area (Å²) in [6.45, 7) is 5.91. The monoisotopic (exact) mass is 835 g/mol. The number of hydrogen-bond acceptors (Lipinski definition) is 14. The van der Waals surface area contributed by atoms with Gasteiger partial charge < -0.3 is 39.0 Å². The molecule has 59 heavy (non-hydrogen) atoms. The van der Waals surface area contributed by atoms with E-state index in [-0.39, 0.29) is 75.1 Å². The van der Waals surface area contributed by atoms with Gasteiger partial charge in [-0.2, -0.15) is 0 Å². The van der Waals surface area contributed by atoms with Crippen molar-refractivity contribution in [3.63, 3.8) is 0 Å². The van der Waals surface area contributed by atoms with Crippen LogP contribution in [0.1, 0.15) is 68.9 Å². The molecule has 0 saturated carbocycles. The molecule has 17 nitrogen and oxygen atoms in total. The molecule has 1 aromatic heterocycles. The van der Waals surface area contributed by atoms with Gasteiger partial charge in [-0.3, -0.25) is 19.2 Å². The van der Waals surface area contributed by atoms with Gasteiger partial charge in [0.2, 0.25) is 11.2 Å². The summed E-state index contributed by atoms with van der Waals surface area (Å²) in [6.07, 6.45) is 1.45. The number of benzene rings is 2. The molecule has 3 atom stereocenters. The van der Waals surface area contributed by atoms with Gasteiger partial charge in [0.25, 0.3) is 5.91 Å². The number of nitrogens with one attached hydrogen (secondary N) is 1. The van der Waals surface area contributed by atoms with E-state index >= 15 is 0 Å². The number of carbonyl (C=O) groups excluding carboxylic acids is 5. The predicted molar refractivity (Wildman–Crippen MR) is 216 cm³/mol. The van der Waals surface area contributed by atoms with E-state index in [1.807, 2.05) is 35.2 Å². The van der Waals surface area contributed by atoms with Crippen molar-refractivity contribution in [2.75, 3.05) is 57.9 Å². The molecular weight excluding hydrogens is 783 g/mol. The number of esters is 2. The van der Waals surface area contributed by atoms with E-state index in [0.717, 1.165) is 6.42 Å². The molecule has 2 saturated heterocycles. The van der Waals surface area contributed by atoms with Crippen molar-refractivity contribution in [3.05, 3.63) is 71.9 Å². The van der Waals surface area contributed by atoms with Crippen LogP contribution in [-0.4, -0.2) is 121 Å². The van der Waals surface area contributed by atoms with Gasteiger partial charge in [-0.05, 0) is 48.4 Å². The van der Waals surface area contributed by atoms with E-state index in [4.69, 9.17) is 28.5 Å². The van der Waals surface area contributed by atoms with Crippen LogP contribution in [0.4, 0.5) is 10.6 Å². The maximum Gasteiger partial charge on any atom is 0.556 e. The molecule has 2 aromatic carbocycles. The molecule has 0 bridgehead atoms. The van der Waals surface area contributed by atoms with Gasteiger partial charge in [0.05, 0.1) is 12.7 Å². The molecule has 5 rings (SSSR count). The van der Waals surface area contributed by atoms with Crippen LogP contribution in [0.25, 0.3) is 11.4 Å². The summed E-state index contributed by atoms with van der Waals surface area (Å²) in [5.41, 5.74) is 1.39. The molecule has 2 aliphatic heterocycles. The minimum Gasteiger partial charge on any atom is -0.450 e. The Morgan fingerprint density at radius 3 is 2.08 bits per heavy atom. The number of ether oxygens (including phenoxy) is 4. The van der Waals surface area contributed by atoms with Gasteiger partial charge in [-0.1, -0.05) is 60.8 Å². The molecule has 3 aromatic rings. The van der Waals surface area contributed by atoms with Crippen molar-refractivity contribution >= 4 is 49.0 Å². The standard InChI is InChI=1S/C41H51N6O11P/c1-5-11-35(48)56-41(57-36(49)12-6-2)58-59(53)31-17-15-28(16-18-31)25-33(39(51)45-21-23-46(24-22-45)40(52)55-7-3)43-38(50)32-26-34(47-20-19-30(27-47)54-4)44-37(42-32)29-13-9-8-10-14-29/h8-10,13-18,26,30,33,41H,5-7,11-12,19-25,27H2,1-4H3/p+1/t30-,33-/m0/s1. The molecule has 2 aliphatic rings. The number of nitrogens with zero attached hydrogens (tertiary/aromatic N) is 5. The highest BCUT2D eigenvalue weighted by molar-refractivity contribution is 7.48. The number of rotatable bonds is 18. The van der Waals surface area contributed by atoms with Crippen molar-refractivity contribution in [2.45, 2.75) is 77.9 Å². The van der Waals surface area contributed by atoms with Gasteiger partial charge in [0.15, 0.2) is 5.82 Å². The lowest BCUT2D eigenvalue weighted by molar-refractivity contribution is -0.233. The van der Waals surface area contributed by atoms with Gasteiger partial charge >= 0.3 is 32.5 Å². The Morgan fingerprint density at radius 1 is 0.847 bits per heavy atom. The lowest BCUT2D eigenvalue weighted by atomic mass is 10.0. The van der Waals surface area contributed by atoms with Gasteiger partial charge in [-0.25, -0.2) is 14.8 Å². The molecule has 3 heterocycles. The number of aromatic nitrogens is 2. The smallest absolute Gasteiger partial charge is 0.450 e. The SMILES string of the molecule is CCCC(=O)OC(OC(=O)CCC)O[P+](=O)c1ccc(C[C@H](NC(=O)c2cc(N3CC[C@H](OC)C3)nc(-c3ccccc3)n2)C(=O)N2CCN(C(=O)OCC)CC2)cc1. The number of hydrogen-bond donors (Lipinski definition) is 1. The van der Waals surface area contributed by atoms with Crippen molar-refractivity contribution < 1.29 is 52.0 Å². The Hall–Kier alpha value is -5.51. The zero-order valence-corrected chi connectivity index (χ0v) is 34.8. The minimum atomic E-state index is -2.66. The van der Waals surface area contributed by atoms with Crippen LogP contribution in [-0.2, 0) is 48.8 Å². The van der Waals surface area contributed by atoms with Crippen LogP contribution in [0.5, 0.6) is 0 Å². The zero-order valence-electron chi connectivity index (χ0n) is 33.9. The second-order valence-electron chi connectivity index (χ2n) is 13.9. The fraction of sp³-hybridized carbons (Fsp3) is 0.488. The summed E-state index contributed by atoms with van der Waals surface area (Å²) < 4.78 is 39.6. The van der Waals surface area contributed by atoms with Crippen molar-refractivity contribution in [3.8, 4) is 11.4 Å². The second kappa shape index (κ2) is 22.0. The van der Waals surface area contributed by atoms with Crippen LogP contribution < -0.4 is 15.5 Å². The minimum absolute atomic E-state index is 0.0119. The summed E-state index contributed by atoms with van der Waals surface area (Å²) >= 11 is 0. The molecule has 1 unspecified atom stereocenters. The van der Waals surface area contributed by atoms with Crippen molar-refractivity contribution in [1.82, 2.24) is 25.1 Å². The van der Waals surface area contributed by atoms with E-state index in [1.54, 1.807) is 51.0 Å². The van der Waals surface area contributed by atoms with Gasteiger partial charge in [0.1, 0.15) is 17.6 Å². The first-order valence-corrected chi connectivity index (χ1v) is 21.0.